The zero-order chi connectivity index (χ0) is 29.6. The number of hydrogen-bond acceptors (Lipinski definition) is 3. The number of nitrogens with zero attached hydrogens (tertiary/aromatic N) is 1. The summed E-state index contributed by atoms with van der Waals surface area (Å²) >= 11 is 0. The van der Waals surface area contributed by atoms with E-state index in [2.05, 4.69) is 116 Å². The van der Waals surface area contributed by atoms with Crippen molar-refractivity contribution in [2.24, 2.45) is 0 Å². The van der Waals surface area contributed by atoms with E-state index in [9.17, 15) is 4.79 Å². The van der Waals surface area contributed by atoms with Crippen LogP contribution >= 0.6 is 0 Å². The lowest BCUT2D eigenvalue weighted by molar-refractivity contribution is -0.137. The molecule has 1 N–H and O–H groups in total. The molecule has 0 aromatic heterocycles. The molecule has 0 aliphatic heterocycles. The van der Waals surface area contributed by atoms with Crippen LogP contribution in [-0.2, 0) is 37.2 Å². The van der Waals surface area contributed by atoms with Crippen molar-refractivity contribution in [1.82, 2.24) is 4.90 Å². The SMILES string of the molecule is CC(C)c1ccc(CN(CCCCC(=O)O)CCc2ccccc2OCc2ccc(CCc3ccccc3)cc2)cc1. The number of para-hydroxylation sites is 1. The summed E-state index contributed by atoms with van der Waals surface area (Å²) in [5.74, 6) is 0.719. The van der Waals surface area contributed by atoms with Gasteiger partial charge in [0.05, 0.1) is 0 Å². The number of carbonyl (C=O) groups is 1. The van der Waals surface area contributed by atoms with Gasteiger partial charge in [-0.3, -0.25) is 9.69 Å². The molecule has 42 heavy (non-hydrogen) atoms. The number of rotatable bonds is 17. The van der Waals surface area contributed by atoms with E-state index in [4.69, 9.17) is 9.84 Å². The highest BCUT2D eigenvalue weighted by Crippen LogP contribution is 2.22. The van der Waals surface area contributed by atoms with Crippen molar-refractivity contribution >= 4 is 5.97 Å². The molecule has 0 saturated carbocycles. The number of hydrogen-bond donors (Lipinski definition) is 1. The van der Waals surface area contributed by atoms with Gasteiger partial charge in [0.2, 0.25) is 0 Å². The van der Waals surface area contributed by atoms with Gasteiger partial charge in [0.25, 0.3) is 0 Å². The van der Waals surface area contributed by atoms with Crippen LogP contribution in [0.4, 0.5) is 0 Å². The first-order valence-electron chi connectivity index (χ1n) is 15.3. The van der Waals surface area contributed by atoms with Gasteiger partial charge in [-0.05, 0) is 84.0 Å². The van der Waals surface area contributed by atoms with Gasteiger partial charge in [0.15, 0.2) is 0 Å². The molecule has 0 bridgehead atoms. The Kier molecular flexibility index (Phi) is 12.2. The predicted octanol–water partition coefficient (Wildman–Crippen LogP) is 8.47. The van der Waals surface area contributed by atoms with E-state index in [-0.39, 0.29) is 6.42 Å². The first-order valence-corrected chi connectivity index (χ1v) is 15.3. The third kappa shape index (κ3) is 10.5. The average Bonchev–Trinajstić information content (AvgIpc) is 3.01. The molecule has 220 valence electrons. The third-order valence-electron chi connectivity index (χ3n) is 7.80. The fourth-order valence-corrected chi connectivity index (χ4v) is 5.17. The minimum atomic E-state index is -0.723. The standard InChI is InChI=1S/C38H45NO3/c1-30(2)35-23-21-33(22-24-35)28-39(26-9-8-14-38(40)41)27-25-36-12-6-7-13-37(36)42-29-34-19-17-32(18-20-34)16-15-31-10-4-3-5-11-31/h3-7,10-13,17-24,30H,8-9,14-16,25-29H2,1-2H3,(H,40,41). The van der Waals surface area contributed by atoms with Crippen LogP contribution in [0.2, 0.25) is 0 Å². The minimum absolute atomic E-state index is 0.224. The number of carboxylic acids is 1. The number of benzene rings is 4. The molecule has 4 rings (SSSR count). The zero-order valence-corrected chi connectivity index (χ0v) is 25.2. The van der Waals surface area contributed by atoms with E-state index in [0.717, 1.165) is 56.6 Å². The van der Waals surface area contributed by atoms with Gasteiger partial charge in [-0.15, -0.1) is 0 Å². The molecule has 0 spiro atoms. The maximum Gasteiger partial charge on any atom is 0.303 e. The summed E-state index contributed by atoms with van der Waals surface area (Å²) in [7, 11) is 0. The number of unbranched alkanes of at least 4 members (excludes halogenated alkanes) is 1. The van der Waals surface area contributed by atoms with Crippen LogP contribution in [0.25, 0.3) is 0 Å². The molecule has 4 heteroatoms. The highest BCUT2D eigenvalue weighted by atomic mass is 16.5. The Labute approximate surface area is 252 Å². The molecular formula is C38H45NO3. The second-order valence-corrected chi connectivity index (χ2v) is 11.5. The summed E-state index contributed by atoms with van der Waals surface area (Å²) in [6.07, 6.45) is 4.74. The van der Waals surface area contributed by atoms with E-state index in [0.29, 0.717) is 18.9 Å². The first-order chi connectivity index (χ1) is 20.5. The van der Waals surface area contributed by atoms with E-state index < -0.39 is 5.97 Å². The summed E-state index contributed by atoms with van der Waals surface area (Å²) in [5, 5.41) is 9.05. The Morgan fingerprint density at radius 2 is 1.31 bits per heavy atom. The van der Waals surface area contributed by atoms with Crippen molar-refractivity contribution in [1.29, 1.82) is 0 Å². The van der Waals surface area contributed by atoms with Crippen molar-refractivity contribution in [3.63, 3.8) is 0 Å². The molecule has 4 aromatic carbocycles. The molecule has 0 heterocycles. The summed E-state index contributed by atoms with van der Waals surface area (Å²) in [5.41, 5.74) is 7.70. The molecule has 0 unspecified atom stereocenters. The average molecular weight is 564 g/mol. The van der Waals surface area contributed by atoms with Crippen LogP contribution in [0.5, 0.6) is 5.75 Å². The lowest BCUT2D eigenvalue weighted by Gasteiger charge is -2.23. The van der Waals surface area contributed by atoms with Gasteiger partial charge < -0.3 is 9.84 Å². The molecule has 4 aromatic rings. The van der Waals surface area contributed by atoms with Crippen LogP contribution in [0.1, 0.15) is 72.4 Å². The normalized spacial score (nSPS) is 11.2. The van der Waals surface area contributed by atoms with Crippen LogP contribution in [-0.4, -0.2) is 29.1 Å². The molecule has 0 amide bonds. The third-order valence-corrected chi connectivity index (χ3v) is 7.80. The number of aliphatic carboxylic acids is 1. The monoisotopic (exact) mass is 563 g/mol. The second-order valence-electron chi connectivity index (χ2n) is 11.5. The lowest BCUT2D eigenvalue weighted by atomic mass is 10.0. The fourth-order valence-electron chi connectivity index (χ4n) is 5.17. The summed E-state index contributed by atoms with van der Waals surface area (Å²) in [4.78, 5) is 13.4. The highest BCUT2D eigenvalue weighted by molar-refractivity contribution is 5.66. The zero-order valence-electron chi connectivity index (χ0n) is 25.2. The maximum absolute atomic E-state index is 11.0. The Morgan fingerprint density at radius 1 is 0.690 bits per heavy atom. The maximum atomic E-state index is 11.0. The van der Waals surface area contributed by atoms with Crippen LogP contribution < -0.4 is 4.74 Å². The summed E-state index contributed by atoms with van der Waals surface area (Å²) < 4.78 is 6.32. The van der Waals surface area contributed by atoms with Gasteiger partial charge in [-0.1, -0.05) is 111 Å². The molecule has 0 fully saturated rings. The lowest BCUT2D eigenvalue weighted by Crippen LogP contribution is -2.27. The molecule has 0 aliphatic rings. The van der Waals surface area contributed by atoms with E-state index >= 15 is 0 Å². The second kappa shape index (κ2) is 16.5. The molecule has 0 radical (unpaired) electrons. The van der Waals surface area contributed by atoms with Crippen molar-refractivity contribution in [2.75, 3.05) is 13.1 Å². The number of ether oxygens (including phenoxy) is 1. The Balaban J connectivity index is 1.32. The van der Waals surface area contributed by atoms with Gasteiger partial charge in [-0.25, -0.2) is 0 Å². The van der Waals surface area contributed by atoms with Gasteiger partial charge >= 0.3 is 5.97 Å². The smallest absolute Gasteiger partial charge is 0.303 e. The van der Waals surface area contributed by atoms with Crippen molar-refractivity contribution in [3.8, 4) is 5.75 Å². The van der Waals surface area contributed by atoms with Gasteiger partial charge in [-0.2, -0.15) is 0 Å². The Morgan fingerprint density at radius 3 is 2.00 bits per heavy atom. The fraction of sp³-hybridized carbons (Fsp3) is 0.342. The molecule has 0 aliphatic carbocycles. The van der Waals surface area contributed by atoms with Gasteiger partial charge in [0.1, 0.15) is 12.4 Å². The van der Waals surface area contributed by atoms with Crippen LogP contribution in [0.3, 0.4) is 0 Å². The molecular weight excluding hydrogens is 518 g/mol. The van der Waals surface area contributed by atoms with Crippen molar-refractivity contribution in [2.45, 2.75) is 71.4 Å². The van der Waals surface area contributed by atoms with E-state index in [1.54, 1.807) is 0 Å². The first kappa shape index (κ1) is 31.1. The van der Waals surface area contributed by atoms with Crippen LogP contribution in [0.15, 0.2) is 103 Å². The number of carboxylic acid groups (broad SMARTS) is 1. The molecule has 4 nitrogen and oxygen atoms in total. The van der Waals surface area contributed by atoms with Crippen molar-refractivity contribution < 1.29 is 14.6 Å². The highest BCUT2D eigenvalue weighted by Gasteiger charge is 2.11. The predicted molar refractivity (Wildman–Crippen MR) is 172 cm³/mol. The molecule has 0 saturated heterocycles. The summed E-state index contributed by atoms with van der Waals surface area (Å²) in [6, 6.07) is 36.6. The Bertz CT molecular complexity index is 1350. The number of aryl methyl sites for hydroxylation is 2. The molecule has 0 atom stereocenters. The van der Waals surface area contributed by atoms with Crippen molar-refractivity contribution in [3.05, 3.63) is 137 Å². The quantitative estimate of drug-likeness (QED) is 0.131. The Hall–Kier alpha value is -3.89. The van der Waals surface area contributed by atoms with E-state index in [1.165, 1.54) is 27.8 Å². The largest absolute Gasteiger partial charge is 0.489 e. The minimum Gasteiger partial charge on any atom is -0.489 e. The van der Waals surface area contributed by atoms with E-state index in [1.807, 2.05) is 6.07 Å². The van der Waals surface area contributed by atoms with Crippen LogP contribution in [0, 0.1) is 0 Å². The topological polar surface area (TPSA) is 49.8 Å². The summed E-state index contributed by atoms with van der Waals surface area (Å²) in [6.45, 7) is 7.58. The van der Waals surface area contributed by atoms with Gasteiger partial charge in [0, 0.05) is 19.5 Å².